The van der Waals surface area contributed by atoms with E-state index in [1.54, 1.807) is 36.4 Å². The largest absolute Gasteiger partial charge is 0.484 e. The summed E-state index contributed by atoms with van der Waals surface area (Å²) in [5.74, 6) is -0.347. The maximum absolute atomic E-state index is 12.7. The van der Waals surface area contributed by atoms with Crippen LogP contribution in [0.4, 0.5) is 0 Å². The summed E-state index contributed by atoms with van der Waals surface area (Å²) in [6, 6.07) is 39.0. The second-order valence-electron chi connectivity index (χ2n) is 8.74. The average Bonchev–Trinajstić information content (AvgIpc) is 3.43. The molecule has 0 aliphatic rings. The lowest BCUT2D eigenvalue weighted by molar-refractivity contribution is -0.119. The summed E-state index contributed by atoms with van der Waals surface area (Å²) in [5, 5.41) is 4.06. The first-order chi connectivity index (χ1) is 19.1. The molecule has 0 unspecified atom stereocenters. The number of nitrogens with one attached hydrogen (secondary N) is 1. The van der Waals surface area contributed by atoms with E-state index >= 15 is 0 Å². The lowest BCUT2D eigenvalue weighted by Gasteiger charge is -2.15. The van der Waals surface area contributed by atoms with Crippen molar-refractivity contribution in [1.82, 2.24) is 9.99 Å². The lowest BCUT2D eigenvalue weighted by atomic mass is 10.1. The highest BCUT2D eigenvalue weighted by Crippen LogP contribution is 2.32. The van der Waals surface area contributed by atoms with Crippen molar-refractivity contribution < 1.29 is 14.3 Å². The van der Waals surface area contributed by atoms with E-state index in [4.69, 9.17) is 10.5 Å². The number of hydrogen-bond donors (Lipinski definition) is 2. The van der Waals surface area contributed by atoms with Crippen molar-refractivity contribution >= 4 is 18.0 Å². The molecule has 0 spiro atoms. The number of amides is 2. The number of ether oxygens (including phenoxy) is 1. The Labute approximate surface area is 226 Å². The molecule has 0 aliphatic heterocycles. The summed E-state index contributed by atoms with van der Waals surface area (Å²) in [4.78, 5) is 23.5. The molecule has 7 nitrogen and oxygen atoms in total. The van der Waals surface area contributed by atoms with Crippen LogP contribution < -0.4 is 15.9 Å². The molecule has 1 aromatic heterocycles. The van der Waals surface area contributed by atoms with Gasteiger partial charge in [0, 0.05) is 11.3 Å². The van der Waals surface area contributed by atoms with Crippen LogP contribution in [0.5, 0.6) is 5.75 Å². The van der Waals surface area contributed by atoms with E-state index in [0.717, 1.165) is 33.8 Å². The maximum Gasteiger partial charge on any atom is 0.271 e. The van der Waals surface area contributed by atoms with Gasteiger partial charge in [-0.25, -0.2) is 5.43 Å². The number of primary amides is 1. The Kier molecular flexibility index (Phi) is 7.60. The van der Waals surface area contributed by atoms with Crippen molar-refractivity contribution in [2.75, 3.05) is 6.61 Å². The minimum absolute atomic E-state index is 0.187. The second kappa shape index (κ2) is 11.7. The third-order valence-corrected chi connectivity index (χ3v) is 6.05. The monoisotopic (exact) mass is 514 g/mol. The van der Waals surface area contributed by atoms with E-state index in [1.165, 1.54) is 6.21 Å². The predicted octanol–water partition coefficient (Wildman–Crippen LogP) is 5.44. The minimum Gasteiger partial charge on any atom is -0.484 e. The molecule has 7 heteroatoms. The van der Waals surface area contributed by atoms with Crippen LogP contribution in [0.2, 0.25) is 0 Å². The van der Waals surface area contributed by atoms with E-state index in [1.807, 2.05) is 48.5 Å². The van der Waals surface area contributed by atoms with Gasteiger partial charge in [0.1, 0.15) is 5.75 Å². The zero-order valence-electron chi connectivity index (χ0n) is 21.0. The Morgan fingerprint density at radius 1 is 0.744 bits per heavy atom. The van der Waals surface area contributed by atoms with Crippen molar-refractivity contribution in [3.8, 4) is 34.0 Å². The van der Waals surface area contributed by atoms with Crippen LogP contribution in [0.25, 0.3) is 28.2 Å². The first kappa shape index (κ1) is 25.2. The number of aromatic nitrogens is 1. The molecule has 2 amide bonds. The van der Waals surface area contributed by atoms with Crippen molar-refractivity contribution in [3.63, 3.8) is 0 Å². The van der Waals surface area contributed by atoms with Gasteiger partial charge in [0.15, 0.2) is 6.61 Å². The number of hydrogen-bond acceptors (Lipinski definition) is 4. The molecule has 0 saturated heterocycles. The number of benzene rings is 4. The van der Waals surface area contributed by atoms with Crippen LogP contribution in [0.15, 0.2) is 126 Å². The molecule has 4 aromatic carbocycles. The molecule has 3 N–H and O–H groups in total. The van der Waals surface area contributed by atoms with E-state index < -0.39 is 5.91 Å². The third kappa shape index (κ3) is 6.11. The van der Waals surface area contributed by atoms with Gasteiger partial charge in [-0.05, 0) is 77.4 Å². The smallest absolute Gasteiger partial charge is 0.271 e. The van der Waals surface area contributed by atoms with E-state index in [9.17, 15) is 9.59 Å². The van der Waals surface area contributed by atoms with Crippen LogP contribution in [0.3, 0.4) is 0 Å². The normalized spacial score (nSPS) is 10.9. The molecular weight excluding hydrogens is 488 g/mol. The highest BCUT2D eigenvalue weighted by Gasteiger charge is 2.14. The van der Waals surface area contributed by atoms with Gasteiger partial charge < -0.3 is 15.0 Å². The molecule has 1 heterocycles. The second-order valence-corrected chi connectivity index (χ2v) is 8.74. The number of nitrogens with zero attached hydrogens (tertiary/aromatic N) is 2. The predicted molar refractivity (Wildman–Crippen MR) is 153 cm³/mol. The molecule has 5 aromatic rings. The first-order valence-electron chi connectivity index (χ1n) is 12.4. The summed E-state index contributed by atoms with van der Waals surface area (Å²) < 4.78 is 7.43. The van der Waals surface area contributed by atoms with Crippen molar-refractivity contribution in [1.29, 1.82) is 0 Å². The molecule has 39 heavy (non-hydrogen) atoms. The molecule has 0 bridgehead atoms. The van der Waals surface area contributed by atoms with Gasteiger partial charge in [-0.2, -0.15) is 5.10 Å². The summed E-state index contributed by atoms with van der Waals surface area (Å²) in [6.07, 6.45) is 1.53. The summed E-state index contributed by atoms with van der Waals surface area (Å²) in [5.41, 5.74) is 14.1. The Balaban J connectivity index is 1.33. The van der Waals surface area contributed by atoms with E-state index in [2.05, 4.69) is 51.5 Å². The fourth-order valence-corrected chi connectivity index (χ4v) is 4.18. The third-order valence-electron chi connectivity index (χ3n) is 6.05. The fraction of sp³-hybridized carbons (Fsp3) is 0.0312. The van der Waals surface area contributed by atoms with Crippen LogP contribution in [0.1, 0.15) is 15.9 Å². The van der Waals surface area contributed by atoms with Gasteiger partial charge in [0.2, 0.25) is 0 Å². The van der Waals surface area contributed by atoms with Crippen LogP contribution in [-0.2, 0) is 4.79 Å². The van der Waals surface area contributed by atoms with E-state index in [-0.39, 0.29) is 12.5 Å². The van der Waals surface area contributed by atoms with Gasteiger partial charge in [-0.1, -0.05) is 60.7 Å². The standard InChI is InChI=1S/C32H26N4O3/c33-31(37)22-39-28-17-11-23(12-18-28)21-34-35-32(38)26-13-15-27(16-14-26)36-29(24-7-3-1-4-8-24)19-20-30(36)25-9-5-2-6-10-25/h1-21H,22H2,(H2,33,37)(H,35,38)/b34-21-. The van der Waals surface area contributed by atoms with Gasteiger partial charge in [-0.15, -0.1) is 0 Å². The fourth-order valence-electron chi connectivity index (χ4n) is 4.18. The Morgan fingerprint density at radius 3 is 1.85 bits per heavy atom. The maximum atomic E-state index is 12.7. The Bertz CT molecular complexity index is 1530. The van der Waals surface area contributed by atoms with Gasteiger partial charge in [0.25, 0.3) is 11.8 Å². The van der Waals surface area contributed by atoms with Crippen LogP contribution in [0, 0.1) is 0 Å². The summed E-state index contributed by atoms with van der Waals surface area (Å²) in [7, 11) is 0. The zero-order chi connectivity index (χ0) is 27.0. The molecule has 192 valence electrons. The Morgan fingerprint density at radius 2 is 1.31 bits per heavy atom. The SMILES string of the molecule is NC(=O)COc1ccc(/C=N\NC(=O)c2ccc(-n3c(-c4ccccc4)ccc3-c3ccccc3)cc2)cc1. The Hall–Kier alpha value is -5.43. The van der Waals surface area contributed by atoms with E-state index in [0.29, 0.717) is 11.3 Å². The van der Waals surface area contributed by atoms with Crippen molar-refractivity contribution in [2.24, 2.45) is 10.8 Å². The highest BCUT2D eigenvalue weighted by molar-refractivity contribution is 5.95. The number of nitrogens with two attached hydrogens (primary N) is 1. The molecule has 0 aliphatic carbocycles. The van der Waals surface area contributed by atoms with Gasteiger partial charge >= 0.3 is 0 Å². The van der Waals surface area contributed by atoms with Crippen LogP contribution >= 0.6 is 0 Å². The average molecular weight is 515 g/mol. The number of carbonyl (C=O) groups excluding carboxylic acids is 2. The number of carbonyl (C=O) groups is 2. The molecule has 0 atom stereocenters. The number of hydrazone groups is 1. The highest BCUT2D eigenvalue weighted by atomic mass is 16.5. The van der Waals surface area contributed by atoms with Gasteiger partial charge in [0.05, 0.1) is 17.6 Å². The lowest BCUT2D eigenvalue weighted by Crippen LogP contribution is -2.20. The quantitative estimate of drug-likeness (QED) is 0.202. The molecule has 0 radical (unpaired) electrons. The topological polar surface area (TPSA) is 98.7 Å². The zero-order valence-corrected chi connectivity index (χ0v) is 21.0. The summed E-state index contributed by atoms with van der Waals surface area (Å²) in [6.45, 7) is -0.187. The van der Waals surface area contributed by atoms with Crippen LogP contribution in [-0.4, -0.2) is 29.2 Å². The molecular formula is C32H26N4O3. The number of rotatable bonds is 9. The molecule has 0 saturated carbocycles. The minimum atomic E-state index is -0.544. The van der Waals surface area contributed by atoms with Gasteiger partial charge in [-0.3, -0.25) is 9.59 Å². The van der Waals surface area contributed by atoms with Crippen molar-refractivity contribution in [2.45, 2.75) is 0 Å². The van der Waals surface area contributed by atoms with Crippen molar-refractivity contribution in [3.05, 3.63) is 132 Å². The molecule has 0 fully saturated rings. The molecule has 5 rings (SSSR count). The summed E-state index contributed by atoms with van der Waals surface area (Å²) >= 11 is 0. The first-order valence-corrected chi connectivity index (χ1v) is 12.4.